The Bertz CT molecular complexity index is 651. The van der Waals surface area contributed by atoms with Crippen LogP contribution >= 0.6 is 0 Å². The lowest BCUT2D eigenvalue weighted by atomic mass is 9.78. The highest BCUT2D eigenvalue weighted by molar-refractivity contribution is 7.89. The highest BCUT2D eigenvalue weighted by atomic mass is 32.2. The van der Waals surface area contributed by atoms with Crippen LogP contribution in [0, 0.1) is 18.8 Å². The fourth-order valence-corrected chi connectivity index (χ4v) is 5.45. The highest BCUT2D eigenvalue weighted by Gasteiger charge is 2.46. The van der Waals surface area contributed by atoms with E-state index in [0.29, 0.717) is 30.2 Å². The molecule has 21 heavy (non-hydrogen) atoms. The third kappa shape index (κ3) is 2.53. The van der Waals surface area contributed by atoms with Gasteiger partial charge in [-0.3, -0.25) is 4.79 Å². The number of aryl methyl sites for hydroxylation is 1. The van der Waals surface area contributed by atoms with Crippen molar-refractivity contribution in [1.82, 2.24) is 4.31 Å². The van der Waals surface area contributed by atoms with Crippen molar-refractivity contribution in [2.75, 3.05) is 6.54 Å². The molecule has 3 atom stereocenters. The molecule has 1 saturated carbocycles. The van der Waals surface area contributed by atoms with Crippen molar-refractivity contribution in [2.24, 2.45) is 11.8 Å². The minimum atomic E-state index is -3.46. The van der Waals surface area contributed by atoms with Gasteiger partial charge in [0.05, 0.1) is 4.90 Å². The topological polar surface area (TPSA) is 54.5 Å². The Balaban J connectivity index is 1.89. The van der Waals surface area contributed by atoms with Crippen LogP contribution in [0.15, 0.2) is 29.2 Å². The molecule has 0 bridgehead atoms. The quantitative estimate of drug-likeness (QED) is 0.843. The molecule has 0 amide bonds. The van der Waals surface area contributed by atoms with Gasteiger partial charge in [-0.2, -0.15) is 4.31 Å². The molecule has 2 aliphatic rings. The minimum Gasteiger partial charge on any atom is -0.300 e. The molecule has 4 nitrogen and oxygen atoms in total. The van der Waals surface area contributed by atoms with Gasteiger partial charge in [-0.25, -0.2) is 8.42 Å². The number of rotatable bonds is 2. The van der Waals surface area contributed by atoms with E-state index in [1.165, 1.54) is 0 Å². The van der Waals surface area contributed by atoms with E-state index in [0.717, 1.165) is 12.0 Å². The molecule has 114 valence electrons. The summed E-state index contributed by atoms with van der Waals surface area (Å²) in [6, 6.07) is 6.97. The standard InChI is InChI=1S/C16H21NO3S/c1-11-3-6-15(7-4-11)21(19,20)17-10-13-9-14(18)5-8-16(13)12(17)2/h3-4,6-7,12-13,16H,5,8-10H2,1-2H3/t12-,13+,16+/m0/s1. The molecule has 0 unspecified atom stereocenters. The molecule has 0 spiro atoms. The van der Waals surface area contributed by atoms with E-state index in [4.69, 9.17) is 0 Å². The van der Waals surface area contributed by atoms with E-state index >= 15 is 0 Å². The zero-order valence-corrected chi connectivity index (χ0v) is 13.3. The number of carbonyl (C=O) groups is 1. The van der Waals surface area contributed by atoms with Crippen molar-refractivity contribution >= 4 is 15.8 Å². The van der Waals surface area contributed by atoms with Crippen molar-refractivity contribution in [3.8, 4) is 0 Å². The number of carbonyl (C=O) groups excluding carboxylic acids is 1. The molecule has 5 heteroatoms. The van der Waals surface area contributed by atoms with Gasteiger partial charge < -0.3 is 0 Å². The zero-order chi connectivity index (χ0) is 15.2. The van der Waals surface area contributed by atoms with Crippen LogP contribution in [0.2, 0.25) is 0 Å². The lowest BCUT2D eigenvalue weighted by molar-refractivity contribution is -0.122. The SMILES string of the molecule is Cc1ccc(S(=O)(=O)N2C[C@H]3CC(=O)CC[C@@H]3[C@@H]2C)cc1. The third-order valence-electron chi connectivity index (χ3n) is 4.97. The molecule has 1 aromatic rings. The predicted octanol–water partition coefficient (Wildman–Crippen LogP) is 2.37. The molecule has 0 radical (unpaired) electrons. The van der Waals surface area contributed by atoms with Crippen LogP contribution in [0.4, 0.5) is 0 Å². The average molecular weight is 307 g/mol. The van der Waals surface area contributed by atoms with E-state index in [1.807, 2.05) is 26.0 Å². The lowest BCUT2D eigenvalue weighted by Crippen LogP contribution is -2.36. The van der Waals surface area contributed by atoms with E-state index in [9.17, 15) is 13.2 Å². The van der Waals surface area contributed by atoms with Crippen LogP contribution in [0.25, 0.3) is 0 Å². The third-order valence-corrected chi connectivity index (χ3v) is 6.93. The molecule has 1 aromatic carbocycles. The van der Waals surface area contributed by atoms with Gasteiger partial charge in [0.1, 0.15) is 5.78 Å². The van der Waals surface area contributed by atoms with Gasteiger partial charge in [0.15, 0.2) is 0 Å². The Hall–Kier alpha value is -1.20. The van der Waals surface area contributed by atoms with Gasteiger partial charge in [-0.1, -0.05) is 17.7 Å². The average Bonchev–Trinajstić information content (AvgIpc) is 2.76. The summed E-state index contributed by atoms with van der Waals surface area (Å²) < 4.78 is 27.2. The molecule has 0 aromatic heterocycles. The second-order valence-electron chi connectivity index (χ2n) is 6.33. The molecular formula is C16H21NO3S. The fraction of sp³-hybridized carbons (Fsp3) is 0.562. The maximum atomic E-state index is 12.8. The fourth-order valence-electron chi connectivity index (χ4n) is 3.72. The van der Waals surface area contributed by atoms with Crippen molar-refractivity contribution in [3.05, 3.63) is 29.8 Å². The van der Waals surface area contributed by atoms with Crippen molar-refractivity contribution in [3.63, 3.8) is 0 Å². The normalized spacial score (nSPS) is 30.4. The van der Waals surface area contributed by atoms with Gasteiger partial charge >= 0.3 is 0 Å². The molecule has 0 N–H and O–H groups in total. The Morgan fingerprint density at radius 1 is 1.19 bits per heavy atom. The number of nitrogens with zero attached hydrogens (tertiary/aromatic N) is 1. The smallest absolute Gasteiger partial charge is 0.243 e. The van der Waals surface area contributed by atoms with E-state index in [1.54, 1.807) is 16.4 Å². The van der Waals surface area contributed by atoms with Crippen LogP contribution in [0.1, 0.15) is 31.7 Å². The van der Waals surface area contributed by atoms with Crippen LogP contribution in [0.3, 0.4) is 0 Å². The second-order valence-corrected chi connectivity index (χ2v) is 8.22. The molecule has 3 rings (SSSR count). The highest BCUT2D eigenvalue weighted by Crippen LogP contribution is 2.41. The van der Waals surface area contributed by atoms with E-state index in [2.05, 4.69) is 0 Å². The summed E-state index contributed by atoms with van der Waals surface area (Å²) in [6.45, 7) is 4.40. The summed E-state index contributed by atoms with van der Waals surface area (Å²) in [5, 5.41) is 0. The Morgan fingerprint density at radius 3 is 2.52 bits per heavy atom. The summed E-state index contributed by atoms with van der Waals surface area (Å²) in [7, 11) is -3.46. The molecule has 1 aliphatic heterocycles. The second kappa shape index (κ2) is 5.21. The summed E-state index contributed by atoms with van der Waals surface area (Å²) in [5.41, 5.74) is 1.04. The number of benzene rings is 1. The van der Waals surface area contributed by atoms with Crippen LogP contribution in [0.5, 0.6) is 0 Å². The first-order chi connectivity index (χ1) is 9.89. The van der Waals surface area contributed by atoms with E-state index in [-0.39, 0.29) is 17.7 Å². The largest absolute Gasteiger partial charge is 0.300 e. The van der Waals surface area contributed by atoms with Crippen molar-refractivity contribution in [1.29, 1.82) is 0 Å². The van der Waals surface area contributed by atoms with Crippen molar-refractivity contribution in [2.45, 2.75) is 44.0 Å². The Morgan fingerprint density at radius 2 is 1.86 bits per heavy atom. The van der Waals surface area contributed by atoms with Crippen LogP contribution < -0.4 is 0 Å². The van der Waals surface area contributed by atoms with Gasteiger partial charge in [0, 0.05) is 25.4 Å². The predicted molar refractivity (Wildman–Crippen MR) is 80.4 cm³/mol. The zero-order valence-electron chi connectivity index (χ0n) is 12.5. The summed E-state index contributed by atoms with van der Waals surface area (Å²) in [4.78, 5) is 12.0. The summed E-state index contributed by atoms with van der Waals surface area (Å²) in [5.74, 6) is 0.794. The Kier molecular flexibility index (Phi) is 3.66. The molecule has 1 saturated heterocycles. The maximum absolute atomic E-state index is 12.8. The molecule has 1 heterocycles. The monoisotopic (exact) mass is 307 g/mol. The number of sulfonamides is 1. The number of hydrogen-bond acceptors (Lipinski definition) is 3. The van der Waals surface area contributed by atoms with Gasteiger partial charge in [0.2, 0.25) is 10.0 Å². The van der Waals surface area contributed by atoms with Gasteiger partial charge in [0.25, 0.3) is 0 Å². The molecule has 2 fully saturated rings. The maximum Gasteiger partial charge on any atom is 0.243 e. The summed E-state index contributed by atoms with van der Waals surface area (Å²) in [6.07, 6.45) is 1.96. The van der Waals surface area contributed by atoms with Gasteiger partial charge in [-0.15, -0.1) is 0 Å². The van der Waals surface area contributed by atoms with Crippen molar-refractivity contribution < 1.29 is 13.2 Å². The lowest BCUT2D eigenvalue weighted by Gasteiger charge is -2.27. The molecular weight excluding hydrogens is 286 g/mol. The summed E-state index contributed by atoms with van der Waals surface area (Å²) >= 11 is 0. The molecule has 1 aliphatic carbocycles. The first-order valence-corrected chi connectivity index (χ1v) is 8.94. The van der Waals surface area contributed by atoms with Crippen LogP contribution in [-0.4, -0.2) is 31.1 Å². The van der Waals surface area contributed by atoms with E-state index < -0.39 is 10.0 Å². The number of ketones is 1. The minimum absolute atomic E-state index is 0.0191. The first kappa shape index (κ1) is 14.7. The number of fused-ring (bicyclic) bond motifs is 1. The first-order valence-electron chi connectivity index (χ1n) is 7.50. The number of hydrogen-bond donors (Lipinski definition) is 0. The van der Waals surface area contributed by atoms with Crippen LogP contribution in [-0.2, 0) is 14.8 Å². The Labute approximate surface area is 126 Å². The van der Waals surface area contributed by atoms with Gasteiger partial charge in [-0.05, 0) is 44.2 Å². The number of Topliss-reactive ketones (excluding diaryl/α,β-unsaturated/α-hetero) is 1.